The van der Waals surface area contributed by atoms with Gasteiger partial charge in [-0.2, -0.15) is 8.42 Å². The van der Waals surface area contributed by atoms with Crippen LogP contribution in [0.5, 0.6) is 5.75 Å². The van der Waals surface area contributed by atoms with Gasteiger partial charge in [0.2, 0.25) is 0 Å². The summed E-state index contributed by atoms with van der Waals surface area (Å²) in [5.41, 5.74) is 0.643. The van der Waals surface area contributed by atoms with Crippen molar-refractivity contribution in [2.75, 3.05) is 45.9 Å². The molecule has 0 unspecified atom stereocenters. The maximum absolute atomic E-state index is 12.1. The Morgan fingerprint density at radius 2 is 1.61 bits per heavy atom. The molecule has 158 valence electrons. The Kier molecular flexibility index (Phi) is 8.20. The zero-order chi connectivity index (χ0) is 20.6. The van der Waals surface area contributed by atoms with Crippen LogP contribution in [0.4, 0.5) is 0 Å². The van der Waals surface area contributed by atoms with Crippen molar-refractivity contribution >= 4 is 16.0 Å². The number of hydrogen-bond acceptors (Lipinski definition) is 8. The molecule has 1 heterocycles. The molecule has 0 saturated carbocycles. The average molecular weight is 417 g/mol. The summed E-state index contributed by atoms with van der Waals surface area (Å²) < 4.78 is 47.8. The molecule has 1 aliphatic rings. The quantitative estimate of drug-likeness (QED) is 0.397. The second kappa shape index (κ2) is 10.2. The Morgan fingerprint density at radius 3 is 2.25 bits per heavy atom. The van der Waals surface area contributed by atoms with Crippen LogP contribution >= 0.6 is 0 Å². The summed E-state index contributed by atoms with van der Waals surface area (Å²) in [4.78, 5) is 12.1. The van der Waals surface area contributed by atoms with Crippen molar-refractivity contribution in [2.45, 2.75) is 26.2 Å². The molecule has 0 fully saturated rings. The highest BCUT2D eigenvalue weighted by Gasteiger charge is 2.31. The molecule has 0 saturated heterocycles. The monoisotopic (exact) mass is 417 g/mol. The molecule has 0 atom stereocenters. The molecule has 1 aliphatic heterocycles. The minimum Gasteiger partial charge on any atom is -0.468 e. The Bertz CT molecular complexity index is 763. The van der Waals surface area contributed by atoms with E-state index >= 15 is 0 Å². The van der Waals surface area contributed by atoms with E-state index in [1.807, 2.05) is 6.07 Å². The molecule has 28 heavy (non-hydrogen) atoms. The van der Waals surface area contributed by atoms with Gasteiger partial charge in [-0.05, 0) is 31.5 Å². The third-order valence-corrected chi connectivity index (χ3v) is 4.20. The largest absolute Gasteiger partial charge is 0.468 e. The van der Waals surface area contributed by atoms with E-state index in [1.54, 1.807) is 26.0 Å². The van der Waals surface area contributed by atoms with Crippen molar-refractivity contribution in [1.82, 2.24) is 5.32 Å². The fraction of sp³-hybridized carbons (Fsp3) is 0.611. The van der Waals surface area contributed by atoms with Gasteiger partial charge >= 0.3 is 0 Å². The lowest BCUT2D eigenvalue weighted by Gasteiger charge is -2.33. The molecule has 0 radical (unpaired) electrons. The summed E-state index contributed by atoms with van der Waals surface area (Å²) in [6, 6.07) is 5.39. The number of amides is 1. The molecule has 1 aromatic rings. The maximum Gasteiger partial charge on any atom is 0.264 e. The molecule has 1 N–H and O–H groups in total. The molecular weight excluding hydrogens is 390 g/mol. The summed E-state index contributed by atoms with van der Waals surface area (Å²) in [7, 11) is -3.43. The summed E-state index contributed by atoms with van der Waals surface area (Å²) in [5.74, 6) is 0.390. The molecule has 0 bridgehead atoms. The van der Waals surface area contributed by atoms with Gasteiger partial charge in [0.15, 0.2) is 5.72 Å². The summed E-state index contributed by atoms with van der Waals surface area (Å²) in [6.45, 7) is 5.60. The number of carbonyl (C=O) groups is 1. The van der Waals surface area contributed by atoms with Crippen LogP contribution in [0.15, 0.2) is 18.2 Å². The Hall–Kier alpha value is -1.72. The van der Waals surface area contributed by atoms with Gasteiger partial charge in [0.25, 0.3) is 16.0 Å². The lowest BCUT2D eigenvalue weighted by Crippen LogP contribution is -2.51. The van der Waals surface area contributed by atoms with Gasteiger partial charge < -0.3 is 24.3 Å². The fourth-order valence-corrected chi connectivity index (χ4v) is 2.82. The summed E-state index contributed by atoms with van der Waals surface area (Å²) >= 11 is 0. The second-order valence-corrected chi connectivity index (χ2v) is 8.34. The van der Waals surface area contributed by atoms with Gasteiger partial charge in [0.05, 0.1) is 58.1 Å². The highest BCUT2D eigenvalue weighted by Crippen LogP contribution is 2.28. The van der Waals surface area contributed by atoms with Crippen LogP contribution in [0.2, 0.25) is 0 Å². The molecule has 9 nitrogen and oxygen atoms in total. The third-order valence-electron chi connectivity index (χ3n) is 3.61. The first-order chi connectivity index (χ1) is 13.2. The zero-order valence-corrected chi connectivity index (χ0v) is 17.2. The third kappa shape index (κ3) is 8.11. The first-order valence-electron chi connectivity index (χ1n) is 8.88. The van der Waals surface area contributed by atoms with Crippen molar-refractivity contribution in [3.8, 4) is 5.75 Å². The Labute approximate surface area is 165 Å². The highest BCUT2D eigenvalue weighted by atomic mass is 32.2. The lowest BCUT2D eigenvalue weighted by atomic mass is 10.1. The Morgan fingerprint density at radius 1 is 1.00 bits per heavy atom. The van der Waals surface area contributed by atoms with Crippen LogP contribution < -0.4 is 10.1 Å². The van der Waals surface area contributed by atoms with Crippen LogP contribution in [0.3, 0.4) is 0 Å². The van der Waals surface area contributed by atoms with Crippen molar-refractivity contribution < 1.29 is 36.3 Å². The second-order valence-electron chi connectivity index (χ2n) is 6.70. The van der Waals surface area contributed by atoms with E-state index in [-0.39, 0.29) is 19.1 Å². The Balaban J connectivity index is 1.56. The fourth-order valence-electron chi connectivity index (χ4n) is 2.45. The molecule has 0 aliphatic carbocycles. The summed E-state index contributed by atoms with van der Waals surface area (Å²) in [5, 5.41) is 2.78. The van der Waals surface area contributed by atoms with Crippen LogP contribution in [0.1, 0.15) is 29.8 Å². The number of fused-ring (bicyclic) bond motifs is 1. The lowest BCUT2D eigenvalue weighted by molar-refractivity contribution is 0.00625. The van der Waals surface area contributed by atoms with E-state index in [9.17, 15) is 13.2 Å². The van der Waals surface area contributed by atoms with Crippen LogP contribution in [-0.2, 0) is 35.1 Å². The van der Waals surface area contributed by atoms with E-state index in [4.69, 9.17) is 18.9 Å². The number of rotatable bonds is 12. The predicted octanol–water partition coefficient (Wildman–Crippen LogP) is 1.07. The van der Waals surface area contributed by atoms with Gasteiger partial charge in [-0.15, -0.1) is 0 Å². The van der Waals surface area contributed by atoms with Crippen molar-refractivity contribution in [1.29, 1.82) is 0 Å². The number of hydrogen-bond donors (Lipinski definition) is 1. The highest BCUT2D eigenvalue weighted by molar-refractivity contribution is 7.85. The molecule has 1 aromatic carbocycles. The van der Waals surface area contributed by atoms with Gasteiger partial charge in [-0.1, -0.05) is 6.07 Å². The number of ether oxygens (including phenoxy) is 4. The molecule has 10 heteroatoms. The average Bonchev–Trinajstić information content (AvgIpc) is 2.58. The summed E-state index contributed by atoms with van der Waals surface area (Å²) in [6.07, 6.45) is 0.990. The smallest absolute Gasteiger partial charge is 0.264 e. The van der Waals surface area contributed by atoms with Gasteiger partial charge in [-0.25, -0.2) is 0 Å². The van der Waals surface area contributed by atoms with E-state index in [0.29, 0.717) is 44.3 Å². The van der Waals surface area contributed by atoms with Crippen molar-refractivity contribution in [3.05, 3.63) is 29.3 Å². The van der Waals surface area contributed by atoms with Crippen molar-refractivity contribution in [3.63, 3.8) is 0 Å². The number of nitrogens with one attached hydrogen (secondary N) is 1. The van der Waals surface area contributed by atoms with E-state index < -0.39 is 15.8 Å². The maximum atomic E-state index is 12.1. The minimum absolute atomic E-state index is 0.0106. The van der Waals surface area contributed by atoms with E-state index in [0.717, 1.165) is 11.8 Å². The number of carbonyl (C=O) groups excluding carboxylic acids is 1. The van der Waals surface area contributed by atoms with Gasteiger partial charge in [0.1, 0.15) is 5.75 Å². The van der Waals surface area contributed by atoms with Crippen LogP contribution in [-0.4, -0.2) is 65.9 Å². The zero-order valence-electron chi connectivity index (χ0n) is 16.4. The van der Waals surface area contributed by atoms with E-state index in [2.05, 4.69) is 9.50 Å². The molecule has 0 aromatic heterocycles. The molecular formula is C18H27NO8S. The standard InChI is InChI=1S/C18H27NO8S/c1-18(2)19-17(20)15-12-14(4-5-16(15)27-18)13-25-9-8-23-6-7-24-10-11-26-28(3,21)22/h4-5,12H,6-11,13H2,1-3H3,(H,19,20). The van der Waals surface area contributed by atoms with E-state index in [1.165, 1.54) is 0 Å². The molecule has 0 spiro atoms. The van der Waals surface area contributed by atoms with Gasteiger partial charge in [-0.3, -0.25) is 8.98 Å². The topological polar surface area (TPSA) is 109 Å². The number of benzene rings is 1. The normalized spacial score (nSPS) is 15.6. The first kappa shape index (κ1) is 22.6. The SMILES string of the molecule is CC1(C)NC(=O)c2cc(COCCOCCOCCOS(C)(=O)=O)ccc2O1. The first-order valence-corrected chi connectivity index (χ1v) is 10.7. The van der Waals surface area contributed by atoms with Crippen LogP contribution in [0.25, 0.3) is 0 Å². The van der Waals surface area contributed by atoms with Crippen molar-refractivity contribution in [2.24, 2.45) is 0 Å². The minimum atomic E-state index is -3.43. The molecule has 2 rings (SSSR count). The van der Waals surface area contributed by atoms with Crippen LogP contribution in [0, 0.1) is 0 Å². The predicted molar refractivity (Wildman–Crippen MR) is 101 cm³/mol. The molecule has 1 amide bonds. The van der Waals surface area contributed by atoms with Gasteiger partial charge in [0, 0.05) is 0 Å².